The van der Waals surface area contributed by atoms with Crippen LogP contribution in [0, 0.1) is 10.3 Å². The van der Waals surface area contributed by atoms with E-state index in [1.54, 1.807) is 6.20 Å². The zero-order valence-corrected chi connectivity index (χ0v) is 8.14. The molecule has 0 saturated heterocycles. The molecule has 0 spiro atoms. The average Bonchev–Trinajstić information content (AvgIpc) is 2.23. The van der Waals surface area contributed by atoms with Crippen LogP contribution in [-0.2, 0) is 0 Å². The molecule has 1 N–H and O–H groups in total. The highest BCUT2D eigenvalue weighted by molar-refractivity contribution is 7.71. The normalized spacial score (nSPS) is 10.1. The summed E-state index contributed by atoms with van der Waals surface area (Å²) in [6, 6.07) is 9.51. The molecule has 1 heterocycles. The first-order valence-corrected chi connectivity index (χ1v) is 4.62. The molecule has 0 atom stereocenters. The van der Waals surface area contributed by atoms with Crippen LogP contribution in [0.15, 0.2) is 42.7 Å². The predicted octanol–water partition coefficient (Wildman–Crippen LogP) is 3.55. The second-order valence-corrected chi connectivity index (χ2v) is 3.32. The number of aromatic amines is 1. The minimum atomic E-state index is -0.388. The van der Waals surface area contributed by atoms with Crippen LogP contribution in [0.5, 0.6) is 0 Å². The van der Waals surface area contributed by atoms with Gasteiger partial charge in [0.2, 0.25) is 0 Å². The third kappa shape index (κ3) is 1.59. The lowest BCUT2D eigenvalue weighted by atomic mass is 10.1. The zero-order chi connectivity index (χ0) is 9.97. The Kier molecular flexibility index (Phi) is 2.41. The number of rotatable bonds is 1. The van der Waals surface area contributed by atoms with Gasteiger partial charge in [0.05, 0.1) is 4.51 Å². The van der Waals surface area contributed by atoms with Crippen molar-refractivity contribution in [3.8, 4) is 11.1 Å². The molecule has 0 aliphatic rings. The first-order chi connectivity index (χ1) is 6.79. The van der Waals surface area contributed by atoms with Crippen LogP contribution in [-0.4, -0.2) is 4.98 Å². The Morgan fingerprint density at radius 2 is 1.79 bits per heavy atom. The second kappa shape index (κ2) is 3.72. The van der Waals surface area contributed by atoms with Gasteiger partial charge in [-0.1, -0.05) is 42.5 Å². The predicted molar refractivity (Wildman–Crippen MR) is 57.0 cm³/mol. The van der Waals surface area contributed by atoms with E-state index >= 15 is 0 Å². The first-order valence-electron chi connectivity index (χ1n) is 4.21. The van der Waals surface area contributed by atoms with Gasteiger partial charge < -0.3 is 4.98 Å². The number of nitrogens with one attached hydrogen (secondary N) is 1. The highest BCUT2D eigenvalue weighted by Crippen LogP contribution is 2.20. The van der Waals surface area contributed by atoms with Crippen LogP contribution in [0.25, 0.3) is 11.1 Å². The third-order valence-corrected chi connectivity index (χ3v) is 2.40. The van der Waals surface area contributed by atoms with E-state index in [9.17, 15) is 4.39 Å². The van der Waals surface area contributed by atoms with E-state index in [0.717, 1.165) is 11.1 Å². The van der Waals surface area contributed by atoms with Gasteiger partial charge in [-0.2, -0.15) is 0 Å². The number of halogens is 1. The second-order valence-electron chi connectivity index (χ2n) is 2.91. The highest BCUT2D eigenvalue weighted by Gasteiger charge is 2.02. The van der Waals surface area contributed by atoms with E-state index in [1.165, 1.54) is 6.20 Å². The molecule has 0 bridgehead atoms. The van der Waals surface area contributed by atoms with Gasteiger partial charge >= 0.3 is 0 Å². The molecule has 0 saturated carbocycles. The van der Waals surface area contributed by atoms with Gasteiger partial charge in [-0.05, 0) is 5.56 Å². The highest BCUT2D eigenvalue weighted by atomic mass is 32.1. The van der Waals surface area contributed by atoms with E-state index in [1.807, 2.05) is 30.3 Å². The maximum atomic E-state index is 13.1. The quantitative estimate of drug-likeness (QED) is 0.704. The summed E-state index contributed by atoms with van der Waals surface area (Å²) in [5, 5.41) is 0. The fourth-order valence-electron chi connectivity index (χ4n) is 1.29. The summed E-state index contributed by atoms with van der Waals surface area (Å²) in [5.41, 5.74) is 1.65. The third-order valence-electron chi connectivity index (χ3n) is 1.98. The van der Waals surface area contributed by atoms with Crippen LogP contribution >= 0.6 is 12.2 Å². The molecule has 1 nitrogen and oxygen atoms in total. The molecule has 2 rings (SSSR count). The Hall–Kier alpha value is -1.48. The lowest BCUT2D eigenvalue weighted by Gasteiger charge is -2.01. The summed E-state index contributed by atoms with van der Waals surface area (Å²) in [6.45, 7) is 0. The maximum Gasteiger partial charge on any atom is 0.157 e. The summed E-state index contributed by atoms with van der Waals surface area (Å²) in [5.74, 6) is -0.388. The Bertz CT molecular complexity index is 490. The van der Waals surface area contributed by atoms with Crippen LogP contribution in [0.3, 0.4) is 0 Å². The van der Waals surface area contributed by atoms with Crippen LogP contribution in [0.2, 0.25) is 0 Å². The lowest BCUT2D eigenvalue weighted by Crippen LogP contribution is -1.85. The molecule has 0 radical (unpaired) electrons. The monoisotopic (exact) mass is 205 g/mol. The van der Waals surface area contributed by atoms with E-state index < -0.39 is 0 Å². The van der Waals surface area contributed by atoms with E-state index in [-0.39, 0.29) is 10.3 Å². The summed E-state index contributed by atoms with van der Waals surface area (Å²) < 4.78 is 13.4. The molecule has 14 heavy (non-hydrogen) atoms. The summed E-state index contributed by atoms with van der Waals surface area (Å²) in [7, 11) is 0. The molecule has 70 valence electrons. The SMILES string of the molecule is Fc1c[nH]cc(-c2ccccc2)c1=S. The molecule has 1 aromatic heterocycles. The number of pyridine rings is 1. The minimum absolute atomic E-state index is 0.259. The molecule has 0 amide bonds. The molecule has 0 aliphatic carbocycles. The molecule has 0 aliphatic heterocycles. The van der Waals surface area contributed by atoms with Gasteiger partial charge in [0.1, 0.15) is 0 Å². The number of benzene rings is 1. The van der Waals surface area contributed by atoms with E-state index in [0.29, 0.717) is 0 Å². The topological polar surface area (TPSA) is 15.8 Å². The zero-order valence-electron chi connectivity index (χ0n) is 7.33. The molecule has 0 fully saturated rings. The molecule has 2 aromatic rings. The van der Waals surface area contributed by atoms with Gasteiger partial charge in [0.15, 0.2) is 5.82 Å². The van der Waals surface area contributed by atoms with Crippen LogP contribution in [0.4, 0.5) is 4.39 Å². The summed E-state index contributed by atoms with van der Waals surface area (Å²) in [6.07, 6.45) is 2.97. The van der Waals surface area contributed by atoms with Crippen molar-refractivity contribution in [1.82, 2.24) is 4.98 Å². The largest absolute Gasteiger partial charge is 0.365 e. The van der Waals surface area contributed by atoms with Crippen molar-refractivity contribution in [2.75, 3.05) is 0 Å². The molecular formula is C11H8FNS. The van der Waals surface area contributed by atoms with Gasteiger partial charge in [-0.25, -0.2) is 4.39 Å². The Morgan fingerprint density at radius 1 is 1.07 bits per heavy atom. The van der Waals surface area contributed by atoms with Gasteiger partial charge in [-0.15, -0.1) is 0 Å². The fraction of sp³-hybridized carbons (Fsp3) is 0. The molecule has 3 heteroatoms. The Morgan fingerprint density at radius 3 is 2.50 bits per heavy atom. The van der Waals surface area contributed by atoms with Gasteiger partial charge in [0.25, 0.3) is 0 Å². The van der Waals surface area contributed by atoms with Crippen molar-refractivity contribution in [2.24, 2.45) is 0 Å². The Labute approximate surface area is 86.2 Å². The standard InChI is InChI=1S/C11H8FNS/c12-10-7-13-6-9(11(10)14)8-4-2-1-3-5-8/h1-7H,(H,13,14). The summed E-state index contributed by atoms with van der Waals surface area (Å²) >= 11 is 4.98. The number of aromatic nitrogens is 1. The minimum Gasteiger partial charge on any atom is -0.365 e. The van der Waals surface area contributed by atoms with Crippen molar-refractivity contribution in [1.29, 1.82) is 0 Å². The number of hydrogen-bond donors (Lipinski definition) is 1. The van der Waals surface area contributed by atoms with Gasteiger partial charge in [0, 0.05) is 18.0 Å². The van der Waals surface area contributed by atoms with Crippen LogP contribution < -0.4 is 0 Å². The maximum absolute atomic E-state index is 13.1. The van der Waals surface area contributed by atoms with Crippen LogP contribution in [0.1, 0.15) is 0 Å². The molecule has 1 aromatic carbocycles. The lowest BCUT2D eigenvalue weighted by molar-refractivity contribution is 0.618. The summed E-state index contributed by atoms with van der Waals surface area (Å²) in [4.78, 5) is 2.73. The van der Waals surface area contributed by atoms with Gasteiger partial charge in [-0.3, -0.25) is 0 Å². The number of hydrogen-bond acceptors (Lipinski definition) is 1. The van der Waals surface area contributed by atoms with Crippen molar-refractivity contribution >= 4 is 12.2 Å². The average molecular weight is 205 g/mol. The van der Waals surface area contributed by atoms with Crippen molar-refractivity contribution < 1.29 is 4.39 Å². The first kappa shape index (κ1) is 9.09. The number of H-pyrrole nitrogens is 1. The van der Waals surface area contributed by atoms with Crippen molar-refractivity contribution in [3.05, 3.63) is 53.1 Å². The fourth-order valence-corrected chi connectivity index (χ4v) is 1.53. The van der Waals surface area contributed by atoms with Crippen molar-refractivity contribution in [3.63, 3.8) is 0 Å². The molecule has 0 unspecified atom stereocenters. The van der Waals surface area contributed by atoms with E-state index in [4.69, 9.17) is 12.2 Å². The van der Waals surface area contributed by atoms with E-state index in [2.05, 4.69) is 4.98 Å². The molecular weight excluding hydrogens is 197 g/mol. The Balaban J connectivity index is 2.64. The smallest absolute Gasteiger partial charge is 0.157 e. The van der Waals surface area contributed by atoms with Crippen molar-refractivity contribution in [2.45, 2.75) is 0 Å².